The molecule has 0 aromatic heterocycles. The third kappa shape index (κ3) is 3.08. The lowest BCUT2D eigenvalue weighted by molar-refractivity contribution is 0.475. The number of nitrogens with zero attached hydrogens (tertiary/aromatic N) is 1. The molecule has 1 aliphatic carbocycles. The van der Waals surface area contributed by atoms with Gasteiger partial charge in [-0.15, -0.1) is 0 Å². The normalized spacial score (nSPS) is 16.9. The van der Waals surface area contributed by atoms with E-state index in [0.29, 0.717) is 6.54 Å². The highest BCUT2D eigenvalue weighted by Crippen LogP contribution is 2.48. The summed E-state index contributed by atoms with van der Waals surface area (Å²) in [4.78, 5) is 0.100. The third-order valence-corrected chi connectivity index (χ3v) is 5.43. The molecule has 0 radical (unpaired) electrons. The Kier molecular flexibility index (Phi) is 3.86. The van der Waals surface area contributed by atoms with Crippen LogP contribution in [-0.2, 0) is 10.0 Å². The molecule has 1 aliphatic rings. The summed E-state index contributed by atoms with van der Waals surface area (Å²) in [6, 6.07) is 6.04. The molecule has 1 fully saturated rings. The summed E-state index contributed by atoms with van der Waals surface area (Å²) in [7, 11) is -3.55. The molecule has 19 heavy (non-hydrogen) atoms. The van der Waals surface area contributed by atoms with Crippen LogP contribution in [0, 0.1) is 16.7 Å². The number of nitrogens with one attached hydrogen (secondary N) is 1. The van der Waals surface area contributed by atoms with Gasteiger partial charge in [-0.1, -0.05) is 18.5 Å². The number of hydrogen-bond donors (Lipinski definition) is 1. The Morgan fingerprint density at radius 1 is 1.47 bits per heavy atom. The summed E-state index contributed by atoms with van der Waals surface area (Å²) in [5.41, 5.74) is 0.413. The Hall–Kier alpha value is -1.09. The van der Waals surface area contributed by atoms with E-state index in [2.05, 4.69) is 11.6 Å². The largest absolute Gasteiger partial charge is 0.240 e. The van der Waals surface area contributed by atoms with Crippen LogP contribution in [0.15, 0.2) is 23.1 Å². The maximum absolute atomic E-state index is 12.1. The molecule has 102 valence electrons. The first-order chi connectivity index (χ1) is 8.92. The predicted octanol–water partition coefficient (Wildman–Crippen LogP) is 2.68. The number of halogens is 1. The summed E-state index contributed by atoms with van der Waals surface area (Å²) in [5.74, 6) is 0. The molecule has 0 aliphatic heterocycles. The quantitative estimate of drug-likeness (QED) is 0.908. The minimum atomic E-state index is -3.55. The fourth-order valence-electron chi connectivity index (χ4n) is 1.92. The van der Waals surface area contributed by atoms with Gasteiger partial charge in [-0.25, -0.2) is 13.1 Å². The molecule has 0 atom stereocenters. The summed E-state index contributed by atoms with van der Waals surface area (Å²) in [6.07, 6.45) is 3.12. The van der Waals surface area contributed by atoms with E-state index in [4.69, 9.17) is 16.9 Å². The zero-order valence-corrected chi connectivity index (χ0v) is 12.2. The Morgan fingerprint density at radius 2 is 2.16 bits per heavy atom. The van der Waals surface area contributed by atoms with Crippen LogP contribution in [0.5, 0.6) is 0 Å². The predicted molar refractivity (Wildman–Crippen MR) is 73.3 cm³/mol. The SMILES string of the molecule is CCC1(CNS(=O)(=O)c2ccc(C#N)c(Cl)c2)CC1. The average Bonchev–Trinajstić information content (AvgIpc) is 3.17. The van der Waals surface area contributed by atoms with Gasteiger partial charge in [0.25, 0.3) is 0 Å². The number of nitriles is 1. The van der Waals surface area contributed by atoms with Crippen molar-refractivity contribution >= 4 is 21.6 Å². The maximum atomic E-state index is 12.1. The van der Waals surface area contributed by atoms with E-state index in [1.54, 1.807) is 0 Å². The molecule has 1 aromatic rings. The lowest BCUT2D eigenvalue weighted by Gasteiger charge is -2.14. The van der Waals surface area contributed by atoms with Gasteiger partial charge in [0.1, 0.15) is 6.07 Å². The van der Waals surface area contributed by atoms with Crippen LogP contribution in [0.25, 0.3) is 0 Å². The molecular weight excluding hydrogens is 284 g/mol. The van der Waals surface area contributed by atoms with Gasteiger partial charge in [-0.3, -0.25) is 0 Å². The molecule has 6 heteroatoms. The Labute approximate surface area is 118 Å². The van der Waals surface area contributed by atoms with Crippen LogP contribution in [0.2, 0.25) is 5.02 Å². The van der Waals surface area contributed by atoms with Gasteiger partial charge in [-0.2, -0.15) is 5.26 Å². The minimum absolute atomic E-state index is 0.100. The van der Waals surface area contributed by atoms with E-state index < -0.39 is 10.0 Å². The first-order valence-electron chi connectivity index (χ1n) is 6.12. The first-order valence-corrected chi connectivity index (χ1v) is 7.98. The van der Waals surface area contributed by atoms with Crippen molar-refractivity contribution < 1.29 is 8.42 Å². The molecule has 0 unspecified atom stereocenters. The van der Waals surface area contributed by atoms with Crippen molar-refractivity contribution in [3.63, 3.8) is 0 Å². The van der Waals surface area contributed by atoms with Gasteiger partial charge in [0.15, 0.2) is 0 Å². The molecule has 4 nitrogen and oxygen atoms in total. The molecule has 1 saturated carbocycles. The summed E-state index contributed by atoms with van der Waals surface area (Å²) >= 11 is 5.85. The van der Waals surface area contributed by atoms with Gasteiger partial charge in [0.05, 0.1) is 15.5 Å². The van der Waals surface area contributed by atoms with Crippen LogP contribution in [0.1, 0.15) is 31.7 Å². The fourth-order valence-corrected chi connectivity index (χ4v) is 3.39. The lowest BCUT2D eigenvalue weighted by atomic mass is 10.1. The fraction of sp³-hybridized carbons (Fsp3) is 0.462. The molecule has 0 bridgehead atoms. The van der Waals surface area contributed by atoms with Crippen molar-refractivity contribution in [1.29, 1.82) is 5.26 Å². The Morgan fingerprint density at radius 3 is 2.63 bits per heavy atom. The number of benzene rings is 1. The van der Waals surface area contributed by atoms with Crippen molar-refractivity contribution in [3.05, 3.63) is 28.8 Å². The lowest BCUT2D eigenvalue weighted by Crippen LogP contribution is -2.30. The average molecular weight is 299 g/mol. The second-order valence-corrected chi connectivity index (χ2v) is 7.11. The third-order valence-electron chi connectivity index (χ3n) is 3.72. The molecule has 0 amide bonds. The van der Waals surface area contributed by atoms with Gasteiger partial charge < -0.3 is 0 Å². The highest BCUT2D eigenvalue weighted by Gasteiger charge is 2.41. The van der Waals surface area contributed by atoms with Gasteiger partial charge in [-0.05, 0) is 42.9 Å². The molecule has 1 N–H and O–H groups in total. The monoisotopic (exact) mass is 298 g/mol. The summed E-state index contributed by atoms with van der Waals surface area (Å²) in [6.45, 7) is 2.53. The van der Waals surface area contributed by atoms with Crippen LogP contribution in [-0.4, -0.2) is 15.0 Å². The number of hydrogen-bond acceptors (Lipinski definition) is 3. The highest BCUT2D eigenvalue weighted by atomic mass is 35.5. The summed E-state index contributed by atoms with van der Waals surface area (Å²) < 4.78 is 26.9. The van der Waals surface area contributed by atoms with Crippen molar-refractivity contribution in [1.82, 2.24) is 4.72 Å². The van der Waals surface area contributed by atoms with Crippen LogP contribution in [0.4, 0.5) is 0 Å². The van der Waals surface area contributed by atoms with Crippen molar-refractivity contribution in [2.75, 3.05) is 6.54 Å². The Balaban J connectivity index is 2.16. The zero-order valence-electron chi connectivity index (χ0n) is 10.6. The van der Waals surface area contributed by atoms with Crippen molar-refractivity contribution in [2.45, 2.75) is 31.1 Å². The van der Waals surface area contributed by atoms with Gasteiger partial charge in [0, 0.05) is 6.54 Å². The number of sulfonamides is 1. The van der Waals surface area contributed by atoms with E-state index in [1.165, 1.54) is 18.2 Å². The zero-order chi connectivity index (χ0) is 14.1. The van der Waals surface area contributed by atoms with Crippen LogP contribution in [0.3, 0.4) is 0 Å². The van der Waals surface area contributed by atoms with E-state index >= 15 is 0 Å². The van der Waals surface area contributed by atoms with Crippen LogP contribution >= 0.6 is 11.6 Å². The van der Waals surface area contributed by atoms with Gasteiger partial charge in [0.2, 0.25) is 10.0 Å². The molecule has 0 saturated heterocycles. The van der Waals surface area contributed by atoms with E-state index in [0.717, 1.165) is 19.3 Å². The first kappa shape index (κ1) is 14.3. The Bertz CT molecular complexity index is 631. The second kappa shape index (κ2) is 5.12. The second-order valence-electron chi connectivity index (χ2n) is 4.93. The molecule has 2 rings (SSSR count). The standard InChI is InChI=1S/C13H15ClN2O2S/c1-2-13(5-6-13)9-16-19(17,18)11-4-3-10(8-15)12(14)7-11/h3-4,7,16H,2,5-6,9H2,1H3. The summed E-state index contributed by atoms with van der Waals surface area (Å²) in [5, 5.41) is 8.92. The topological polar surface area (TPSA) is 70.0 Å². The van der Waals surface area contributed by atoms with Crippen molar-refractivity contribution in [2.24, 2.45) is 5.41 Å². The van der Waals surface area contributed by atoms with Crippen LogP contribution < -0.4 is 4.72 Å². The van der Waals surface area contributed by atoms with E-state index in [1.807, 2.05) is 6.07 Å². The maximum Gasteiger partial charge on any atom is 0.240 e. The molecule has 0 spiro atoms. The smallest absolute Gasteiger partial charge is 0.211 e. The van der Waals surface area contributed by atoms with Crippen molar-refractivity contribution in [3.8, 4) is 6.07 Å². The minimum Gasteiger partial charge on any atom is -0.211 e. The number of rotatable bonds is 5. The molecular formula is C13H15ClN2O2S. The van der Waals surface area contributed by atoms with Gasteiger partial charge >= 0.3 is 0 Å². The molecule has 1 aromatic carbocycles. The highest BCUT2D eigenvalue weighted by molar-refractivity contribution is 7.89. The molecule has 0 heterocycles. The van der Waals surface area contributed by atoms with E-state index in [-0.39, 0.29) is 20.9 Å². The van der Waals surface area contributed by atoms with E-state index in [9.17, 15) is 8.42 Å².